The smallest absolute Gasteiger partial charge is 0.142 e. The first-order valence-electron chi connectivity index (χ1n) is 8.40. The lowest BCUT2D eigenvalue weighted by atomic mass is 10.1. The van der Waals surface area contributed by atoms with Crippen molar-refractivity contribution >= 4 is 39.3 Å². The number of H-pyrrole nitrogens is 1. The molecule has 1 aliphatic rings. The van der Waals surface area contributed by atoms with Crippen LogP contribution in [0.5, 0.6) is 5.75 Å². The molecule has 6 heteroatoms. The van der Waals surface area contributed by atoms with E-state index in [1.165, 1.54) is 9.26 Å². The van der Waals surface area contributed by atoms with Gasteiger partial charge in [0.05, 0.1) is 12.8 Å². The van der Waals surface area contributed by atoms with Crippen LogP contribution >= 0.6 is 22.6 Å². The Labute approximate surface area is 161 Å². The highest BCUT2D eigenvalue weighted by atomic mass is 127. The van der Waals surface area contributed by atoms with Gasteiger partial charge in [-0.25, -0.2) is 4.98 Å². The number of piperazine rings is 1. The molecule has 0 radical (unpaired) electrons. The topological polar surface area (TPSA) is 44.4 Å². The number of ether oxygens (including phenoxy) is 1. The minimum Gasteiger partial charge on any atom is -0.495 e. The van der Waals surface area contributed by atoms with Gasteiger partial charge in [-0.3, -0.25) is 0 Å². The second kappa shape index (κ2) is 6.84. The lowest BCUT2D eigenvalue weighted by Crippen LogP contribution is -2.44. The third kappa shape index (κ3) is 3.20. The Morgan fingerprint density at radius 3 is 2.68 bits per heavy atom. The van der Waals surface area contributed by atoms with Crippen molar-refractivity contribution in [1.29, 1.82) is 0 Å². The van der Waals surface area contributed by atoms with Crippen molar-refractivity contribution in [2.24, 2.45) is 0 Å². The molecule has 0 unspecified atom stereocenters. The molecule has 1 saturated heterocycles. The standard InChI is InChI=1S/C19H21IN4O/c1-23-5-7-24(8-6-23)17-4-3-13(10-18(17)25-2)14-9-15-16(20)12-22-19(15)21-11-14/h3-4,9-12H,5-8H2,1-2H3,(H,21,22). The van der Waals surface area contributed by atoms with Crippen LogP contribution in [0.25, 0.3) is 22.2 Å². The van der Waals surface area contributed by atoms with E-state index in [1.807, 2.05) is 12.4 Å². The minimum absolute atomic E-state index is 0.922. The summed E-state index contributed by atoms with van der Waals surface area (Å²) in [6.07, 6.45) is 3.90. The second-order valence-corrected chi connectivity index (χ2v) is 7.60. The van der Waals surface area contributed by atoms with E-state index >= 15 is 0 Å². The highest BCUT2D eigenvalue weighted by Crippen LogP contribution is 2.34. The van der Waals surface area contributed by atoms with Crippen molar-refractivity contribution in [3.63, 3.8) is 0 Å². The molecular weight excluding hydrogens is 427 g/mol. The van der Waals surface area contributed by atoms with E-state index in [9.17, 15) is 0 Å². The average molecular weight is 448 g/mol. The molecule has 0 bridgehead atoms. The van der Waals surface area contributed by atoms with E-state index in [-0.39, 0.29) is 0 Å². The third-order valence-corrected chi connectivity index (χ3v) is 5.73. The molecule has 3 heterocycles. The number of hydrogen-bond donors (Lipinski definition) is 1. The summed E-state index contributed by atoms with van der Waals surface area (Å²) < 4.78 is 6.88. The summed E-state index contributed by atoms with van der Waals surface area (Å²) in [6, 6.07) is 8.64. The Balaban J connectivity index is 1.69. The number of halogens is 1. The fraction of sp³-hybridized carbons (Fsp3) is 0.316. The SMILES string of the molecule is COc1cc(-c2cnc3[nH]cc(I)c3c2)ccc1N1CCN(C)CC1. The Bertz CT molecular complexity index is 900. The molecule has 1 aliphatic heterocycles. The van der Waals surface area contributed by atoms with Gasteiger partial charge in [-0.05, 0) is 53.4 Å². The molecule has 1 N–H and O–H groups in total. The summed E-state index contributed by atoms with van der Waals surface area (Å²) in [5.41, 5.74) is 4.33. The largest absolute Gasteiger partial charge is 0.495 e. The van der Waals surface area contributed by atoms with E-state index in [4.69, 9.17) is 4.74 Å². The first-order chi connectivity index (χ1) is 12.2. The van der Waals surface area contributed by atoms with E-state index in [2.05, 4.69) is 73.7 Å². The van der Waals surface area contributed by atoms with Crippen LogP contribution in [0.1, 0.15) is 0 Å². The van der Waals surface area contributed by atoms with Gasteiger partial charge in [0.15, 0.2) is 0 Å². The van der Waals surface area contributed by atoms with Gasteiger partial charge in [-0.1, -0.05) is 6.07 Å². The molecule has 0 amide bonds. The molecule has 0 spiro atoms. The Hall–Kier alpha value is -1.80. The van der Waals surface area contributed by atoms with E-state index in [0.717, 1.165) is 54.1 Å². The zero-order valence-electron chi connectivity index (χ0n) is 14.4. The second-order valence-electron chi connectivity index (χ2n) is 6.43. The van der Waals surface area contributed by atoms with Gasteiger partial charge in [0.1, 0.15) is 11.4 Å². The highest BCUT2D eigenvalue weighted by Gasteiger charge is 2.18. The van der Waals surface area contributed by atoms with Gasteiger partial charge >= 0.3 is 0 Å². The van der Waals surface area contributed by atoms with E-state index < -0.39 is 0 Å². The number of methoxy groups -OCH3 is 1. The molecule has 0 atom stereocenters. The van der Waals surface area contributed by atoms with Crippen molar-refractivity contribution in [2.75, 3.05) is 45.2 Å². The molecule has 3 aromatic rings. The number of rotatable bonds is 3. The zero-order chi connectivity index (χ0) is 17.4. The number of fused-ring (bicyclic) bond motifs is 1. The molecule has 25 heavy (non-hydrogen) atoms. The number of pyridine rings is 1. The number of nitrogens with zero attached hydrogens (tertiary/aromatic N) is 3. The Morgan fingerprint density at radius 2 is 1.92 bits per heavy atom. The zero-order valence-corrected chi connectivity index (χ0v) is 16.6. The summed E-state index contributed by atoms with van der Waals surface area (Å²) in [6.45, 7) is 4.22. The van der Waals surface area contributed by atoms with Crippen molar-refractivity contribution < 1.29 is 4.74 Å². The number of nitrogens with one attached hydrogen (secondary N) is 1. The number of hydrogen-bond acceptors (Lipinski definition) is 4. The van der Waals surface area contributed by atoms with Gasteiger partial charge in [-0.15, -0.1) is 0 Å². The third-order valence-electron chi connectivity index (χ3n) is 4.84. The van der Waals surface area contributed by atoms with Crippen LogP contribution in [0.4, 0.5) is 5.69 Å². The predicted octanol–water partition coefficient (Wildman–Crippen LogP) is 3.59. The number of aromatic nitrogens is 2. The summed E-state index contributed by atoms with van der Waals surface area (Å²) in [7, 11) is 3.92. The Morgan fingerprint density at radius 1 is 1.12 bits per heavy atom. The van der Waals surface area contributed by atoms with Crippen molar-refractivity contribution in [3.8, 4) is 16.9 Å². The highest BCUT2D eigenvalue weighted by molar-refractivity contribution is 14.1. The summed E-state index contributed by atoms with van der Waals surface area (Å²) in [5.74, 6) is 0.922. The number of benzene rings is 1. The maximum atomic E-state index is 5.70. The van der Waals surface area contributed by atoms with Crippen LogP contribution in [0, 0.1) is 3.57 Å². The van der Waals surface area contributed by atoms with Gasteiger partial charge in [0.2, 0.25) is 0 Å². The van der Waals surface area contributed by atoms with E-state index in [1.54, 1.807) is 7.11 Å². The van der Waals surface area contributed by atoms with Gasteiger partial charge in [0, 0.05) is 53.1 Å². The van der Waals surface area contributed by atoms with Gasteiger partial charge < -0.3 is 19.5 Å². The average Bonchev–Trinajstić information content (AvgIpc) is 3.02. The molecule has 0 saturated carbocycles. The molecule has 5 nitrogen and oxygen atoms in total. The van der Waals surface area contributed by atoms with Crippen molar-refractivity contribution in [2.45, 2.75) is 0 Å². The van der Waals surface area contributed by atoms with Crippen molar-refractivity contribution in [1.82, 2.24) is 14.9 Å². The first kappa shape index (κ1) is 16.7. The quantitative estimate of drug-likeness (QED) is 0.623. The predicted molar refractivity (Wildman–Crippen MR) is 111 cm³/mol. The summed E-state index contributed by atoms with van der Waals surface area (Å²) in [4.78, 5) is 12.5. The van der Waals surface area contributed by atoms with Crippen LogP contribution in [0.15, 0.2) is 36.7 Å². The molecule has 1 aromatic carbocycles. The molecule has 4 rings (SSSR count). The van der Waals surface area contributed by atoms with Crippen LogP contribution in [-0.4, -0.2) is 55.2 Å². The fourth-order valence-corrected chi connectivity index (χ4v) is 3.86. The van der Waals surface area contributed by atoms with Crippen molar-refractivity contribution in [3.05, 3.63) is 40.2 Å². The molecule has 1 fully saturated rings. The summed E-state index contributed by atoms with van der Waals surface area (Å²) >= 11 is 2.33. The van der Waals surface area contributed by atoms with E-state index in [0.29, 0.717) is 0 Å². The monoisotopic (exact) mass is 448 g/mol. The number of likely N-dealkylation sites (N-methyl/N-ethyl adjacent to an activating group) is 1. The Kier molecular flexibility index (Phi) is 4.56. The minimum atomic E-state index is 0.922. The molecule has 130 valence electrons. The lowest BCUT2D eigenvalue weighted by molar-refractivity contribution is 0.311. The maximum absolute atomic E-state index is 5.70. The molecule has 0 aliphatic carbocycles. The fourth-order valence-electron chi connectivity index (χ4n) is 3.29. The molecular formula is C19H21IN4O. The lowest BCUT2D eigenvalue weighted by Gasteiger charge is -2.34. The number of aromatic amines is 1. The van der Waals surface area contributed by atoms with Crippen LogP contribution in [0.3, 0.4) is 0 Å². The molecule has 2 aromatic heterocycles. The van der Waals surface area contributed by atoms with Crippen LogP contribution in [-0.2, 0) is 0 Å². The van der Waals surface area contributed by atoms with Crippen LogP contribution in [0.2, 0.25) is 0 Å². The maximum Gasteiger partial charge on any atom is 0.142 e. The summed E-state index contributed by atoms with van der Waals surface area (Å²) in [5, 5.41) is 1.15. The normalized spacial score (nSPS) is 15.7. The first-order valence-corrected chi connectivity index (χ1v) is 9.48. The number of anilines is 1. The van der Waals surface area contributed by atoms with Gasteiger partial charge in [0.25, 0.3) is 0 Å². The van der Waals surface area contributed by atoms with Gasteiger partial charge in [-0.2, -0.15) is 0 Å². The van der Waals surface area contributed by atoms with Crippen LogP contribution < -0.4 is 9.64 Å².